The summed E-state index contributed by atoms with van der Waals surface area (Å²) in [6.45, 7) is 3.84. The second-order valence-corrected chi connectivity index (χ2v) is 3.73. The van der Waals surface area contributed by atoms with Gasteiger partial charge in [-0.05, 0) is 25.1 Å². The lowest BCUT2D eigenvalue weighted by atomic mass is 10.3. The van der Waals surface area contributed by atoms with Gasteiger partial charge in [0.1, 0.15) is 0 Å². The van der Waals surface area contributed by atoms with E-state index in [-0.39, 0.29) is 5.69 Å². The van der Waals surface area contributed by atoms with E-state index in [1.807, 2.05) is 0 Å². The predicted molar refractivity (Wildman–Crippen MR) is 60.2 cm³/mol. The van der Waals surface area contributed by atoms with Crippen LogP contribution in [0.5, 0.6) is 0 Å². The van der Waals surface area contributed by atoms with Gasteiger partial charge in [-0.3, -0.25) is 4.79 Å². The number of anilines is 1. The quantitative estimate of drug-likeness (QED) is 0.695. The van der Waals surface area contributed by atoms with Crippen LogP contribution in [0.2, 0.25) is 0 Å². The smallest absolute Gasteiger partial charge is 0.269 e. The van der Waals surface area contributed by atoms with Crippen LogP contribution in [0.3, 0.4) is 0 Å². The molecule has 2 heterocycles. The minimum Gasteiger partial charge on any atom is -0.364 e. The van der Waals surface area contributed by atoms with Gasteiger partial charge in [-0.1, -0.05) is 0 Å². The first-order chi connectivity index (χ1) is 7.77. The Kier molecular flexibility index (Phi) is 3.31. The van der Waals surface area contributed by atoms with E-state index in [9.17, 15) is 4.79 Å². The number of nitrogens with two attached hydrogens (primary N) is 1. The summed E-state index contributed by atoms with van der Waals surface area (Å²) in [5, 5.41) is 11.1. The lowest BCUT2D eigenvalue weighted by Gasteiger charge is -2.20. The molecular formula is C10H15N5O. The zero-order valence-corrected chi connectivity index (χ0v) is 9.02. The van der Waals surface area contributed by atoms with Crippen LogP contribution in [-0.4, -0.2) is 42.3 Å². The summed E-state index contributed by atoms with van der Waals surface area (Å²) in [5.74, 6) is 0.255. The second-order valence-electron chi connectivity index (χ2n) is 3.73. The fourth-order valence-corrected chi connectivity index (χ4v) is 1.70. The van der Waals surface area contributed by atoms with Gasteiger partial charge in [-0.2, -0.15) is 0 Å². The van der Waals surface area contributed by atoms with Crippen molar-refractivity contribution in [3.63, 3.8) is 0 Å². The Labute approximate surface area is 93.8 Å². The molecule has 0 spiro atoms. The maximum atomic E-state index is 10.8. The molecular weight excluding hydrogens is 206 g/mol. The van der Waals surface area contributed by atoms with E-state index in [2.05, 4.69) is 20.4 Å². The maximum absolute atomic E-state index is 10.8. The van der Waals surface area contributed by atoms with Crippen LogP contribution in [0, 0.1) is 0 Å². The minimum absolute atomic E-state index is 0.205. The first-order valence-corrected chi connectivity index (χ1v) is 5.36. The molecule has 0 saturated carbocycles. The SMILES string of the molecule is NC(=O)c1ccc(N2CCCNCC2)nn1. The molecule has 6 nitrogen and oxygen atoms in total. The van der Waals surface area contributed by atoms with Gasteiger partial charge in [0, 0.05) is 19.6 Å². The molecule has 1 fully saturated rings. The molecule has 0 aliphatic carbocycles. The lowest BCUT2D eigenvalue weighted by molar-refractivity contribution is 0.0994. The monoisotopic (exact) mass is 221 g/mol. The molecule has 1 aliphatic heterocycles. The highest BCUT2D eigenvalue weighted by Crippen LogP contribution is 2.10. The van der Waals surface area contributed by atoms with Crippen molar-refractivity contribution < 1.29 is 4.79 Å². The molecule has 1 saturated heterocycles. The Morgan fingerprint density at radius 2 is 2.19 bits per heavy atom. The number of hydrogen-bond acceptors (Lipinski definition) is 5. The average Bonchev–Trinajstić information content (AvgIpc) is 2.57. The predicted octanol–water partition coefficient (Wildman–Crippen LogP) is -0.625. The van der Waals surface area contributed by atoms with Gasteiger partial charge >= 0.3 is 0 Å². The third kappa shape index (κ3) is 2.46. The Bertz CT molecular complexity index is 356. The van der Waals surface area contributed by atoms with Crippen molar-refractivity contribution in [1.82, 2.24) is 15.5 Å². The zero-order valence-electron chi connectivity index (χ0n) is 9.02. The second kappa shape index (κ2) is 4.89. The van der Waals surface area contributed by atoms with Crippen LogP contribution in [0.25, 0.3) is 0 Å². The highest BCUT2D eigenvalue weighted by molar-refractivity contribution is 5.90. The summed E-state index contributed by atoms with van der Waals surface area (Å²) in [5.41, 5.74) is 5.31. The van der Waals surface area contributed by atoms with Crippen LogP contribution in [0.15, 0.2) is 12.1 Å². The molecule has 1 amide bonds. The summed E-state index contributed by atoms with van der Waals surface area (Å²) in [4.78, 5) is 13.0. The number of aromatic nitrogens is 2. The molecule has 1 aromatic rings. The first-order valence-electron chi connectivity index (χ1n) is 5.36. The van der Waals surface area contributed by atoms with Gasteiger partial charge in [0.05, 0.1) is 0 Å². The Balaban J connectivity index is 2.10. The molecule has 3 N–H and O–H groups in total. The molecule has 1 aliphatic rings. The zero-order chi connectivity index (χ0) is 11.4. The van der Waals surface area contributed by atoms with E-state index in [0.717, 1.165) is 38.4 Å². The summed E-state index contributed by atoms with van der Waals surface area (Å²) in [7, 11) is 0. The van der Waals surface area contributed by atoms with Gasteiger partial charge in [0.2, 0.25) is 0 Å². The number of rotatable bonds is 2. The van der Waals surface area contributed by atoms with Crippen molar-refractivity contribution in [3.8, 4) is 0 Å². The van der Waals surface area contributed by atoms with E-state index < -0.39 is 5.91 Å². The molecule has 0 bridgehead atoms. The molecule has 0 atom stereocenters. The number of primary amides is 1. The Morgan fingerprint density at radius 3 is 2.88 bits per heavy atom. The first kappa shape index (κ1) is 10.8. The summed E-state index contributed by atoms with van der Waals surface area (Å²) in [6.07, 6.45) is 1.08. The summed E-state index contributed by atoms with van der Waals surface area (Å²) in [6, 6.07) is 3.40. The number of carbonyl (C=O) groups is 1. The standard InChI is InChI=1S/C10H15N5O/c11-10(16)8-2-3-9(14-13-8)15-6-1-4-12-5-7-15/h2-3,12H,1,4-7H2,(H2,11,16). The van der Waals surface area contributed by atoms with Crippen LogP contribution in [0.4, 0.5) is 5.82 Å². The fraction of sp³-hybridized carbons (Fsp3) is 0.500. The molecule has 0 aromatic carbocycles. The van der Waals surface area contributed by atoms with Crippen molar-refractivity contribution in [2.45, 2.75) is 6.42 Å². The van der Waals surface area contributed by atoms with E-state index in [4.69, 9.17) is 5.73 Å². The number of nitrogens with zero attached hydrogens (tertiary/aromatic N) is 3. The van der Waals surface area contributed by atoms with Gasteiger partial charge in [-0.15, -0.1) is 10.2 Å². The molecule has 0 unspecified atom stereocenters. The Morgan fingerprint density at radius 1 is 1.31 bits per heavy atom. The number of amides is 1. The third-order valence-corrected chi connectivity index (χ3v) is 2.57. The molecule has 6 heteroatoms. The minimum atomic E-state index is -0.545. The van der Waals surface area contributed by atoms with Crippen LogP contribution in [-0.2, 0) is 0 Å². The molecule has 0 radical (unpaired) electrons. The van der Waals surface area contributed by atoms with Crippen molar-refractivity contribution in [2.24, 2.45) is 5.73 Å². The van der Waals surface area contributed by atoms with Gasteiger partial charge in [-0.25, -0.2) is 0 Å². The number of hydrogen-bond donors (Lipinski definition) is 2. The highest BCUT2D eigenvalue weighted by atomic mass is 16.1. The largest absolute Gasteiger partial charge is 0.364 e. The van der Waals surface area contributed by atoms with Crippen molar-refractivity contribution in [1.29, 1.82) is 0 Å². The van der Waals surface area contributed by atoms with Crippen LogP contribution >= 0.6 is 0 Å². The van der Waals surface area contributed by atoms with E-state index in [0.29, 0.717) is 0 Å². The molecule has 86 valence electrons. The molecule has 16 heavy (non-hydrogen) atoms. The van der Waals surface area contributed by atoms with E-state index >= 15 is 0 Å². The van der Waals surface area contributed by atoms with Crippen LogP contribution < -0.4 is 16.0 Å². The topological polar surface area (TPSA) is 84.1 Å². The van der Waals surface area contributed by atoms with E-state index in [1.165, 1.54) is 0 Å². The van der Waals surface area contributed by atoms with Crippen molar-refractivity contribution in [2.75, 3.05) is 31.1 Å². The number of carbonyl (C=O) groups excluding carboxylic acids is 1. The van der Waals surface area contributed by atoms with Gasteiger partial charge in [0.25, 0.3) is 5.91 Å². The normalized spacial score (nSPS) is 16.9. The van der Waals surface area contributed by atoms with Crippen molar-refractivity contribution >= 4 is 11.7 Å². The Hall–Kier alpha value is -1.69. The van der Waals surface area contributed by atoms with Crippen molar-refractivity contribution in [3.05, 3.63) is 17.8 Å². The molecule has 1 aromatic heterocycles. The maximum Gasteiger partial charge on any atom is 0.269 e. The number of nitrogens with one attached hydrogen (secondary N) is 1. The van der Waals surface area contributed by atoms with E-state index in [1.54, 1.807) is 12.1 Å². The van der Waals surface area contributed by atoms with Crippen LogP contribution in [0.1, 0.15) is 16.9 Å². The highest BCUT2D eigenvalue weighted by Gasteiger charge is 2.11. The fourth-order valence-electron chi connectivity index (χ4n) is 1.70. The van der Waals surface area contributed by atoms with Gasteiger partial charge < -0.3 is 16.0 Å². The average molecular weight is 221 g/mol. The summed E-state index contributed by atoms with van der Waals surface area (Å²) >= 11 is 0. The van der Waals surface area contributed by atoms with Gasteiger partial charge in [0.15, 0.2) is 11.5 Å². The summed E-state index contributed by atoms with van der Waals surface area (Å²) < 4.78 is 0. The lowest BCUT2D eigenvalue weighted by Crippen LogP contribution is -2.29. The third-order valence-electron chi connectivity index (χ3n) is 2.57. The molecule has 2 rings (SSSR count).